The fourth-order valence-electron chi connectivity index (χ4n) is 2.95. The van der Waals surface area contributed by atoms with Gasteiger partial charge < -0.3 is 9.72 Å². The van der Waals surface area contributed by atoms with Crippen molar-refractivity contribution in [1.29, 1.82) is 0 Å². The molecular weight excluding hydrogens is 253 g/mol. The molecule has 3 nitrogen and oxygen atoms in total. The molecule has 0 saturated carbocycles. The first-order valence-electron chi connectivity index (χ1n) is 6.78. The van der Waals surface area contributed by atoms with Gasteiger partial charge in [-0.3, -0.25) is 0 Å². The first kappa shape index (κ1) is 11.6. The first-order valence-corrected chi connectivity index (χ1v) is 6.78. The summed E-state index contributed by atoms with van der Waals surface area (Å²) < 4.78 is 16.2. The van der Waals surface area contributed by atoms with Gasteiger partial charge in [0.15, 0.2) is 0 Å². The van der Waals surface area contributed by atoms with E-state index in [1.54, 1.807) is 6.07 Å². The van der Waals surface area contributed by atoms with E-state index in [2.05, 4.69) is 14.7 Å². The van der Waals surface area contributed by atoms with E-state index in [0.717, 1.165) is 30.0 Å². The lowest BCUT2D eigenvalue weighted by atomic mass is 9.97. The summed E-state index contributed by atoms with van der Waals surface area (Å²) in [7, 11) is 0. The molecule has 0 bridgehead atoms. The smallest absolute Gasteiger partial charge is 0.137 e. The van der Waals surface area contributed by atoms with Crippen LogP contribution in [0.15, 0.2) is 48.7 Å². The van der Waals surface area contributed by atoms with E-state index >= 15 is 0 Å². The van der Waals surface area contributed by atoms with Gasteiger partial charge in [-0.2, -0.15) is 0 Å². The number of nitrogens with one attached hydrogen (secondary N) is 1. The lowest BCUT2D eigenvalue weighted by Crippen LogP contribution is -2.32. The third-order valence-electron chi connectivity index (χ3n) is 3.84. The number of aromatic nitrogens is 2. The summed E-state index contributed by atoms with van der Waals surface area (Å²) in [5.74, 6) is -0.177. The Bertz CT molecular complexity index is 778. The topological polar surface area (TPSA) is 29.3 Å². The van der Waals surface area contributed by atoms with Crippen LogP contribution in [0.5, 0.6) is 0 Å². The Morgan fingerprint density at radius 2 is 2.00 bits per heavy atom. The van der Waals surface area contributed by atoms with Crippen LogP contribution in [0, 0.1) is 5.82 Å². The lowest BCUT2D eigenvalue weighted by Gasteiger charge is -2.25. The zero-order chi connectivity index (χ0) is 13.5. The van der Waals surface area contributed by atoms with Gasteiger partial charge in [0.2, 0.25) is 0 Å². The van der Waals surface area contributed by atoms with Crippen LogP contribution in [0.25, 0.3) is 5.65 Å². The molecule has 3 heterocycles. The van der Waals surface area contributed by atoms with Gasteiger partial charge >= 0.3 is 0 Å². The Balaban J connectivity index is 1.96. The summed E-state index contributed by atoms with van der Waals surface area (Å²) in [6.07, 6.45) is 2.87. The second-order valence-electron chi connectivity index (χ2n) is 5.03. The van der Waals surface area contributed by atoms with E-state index in [0.29, 0.717) is 5.56 Å². The molecule has 4 rings (SSSR count). The molecule has 4 heteroatoms. The number of hydrogen-bond acceptors (Lipinski definition) is 2. The van der Waals surface area contributed by atoms with Gasteiger partial charge in [0, 0.05) is 24.7 Å². The molecule has 1 aliphatic heterocycles. The maximum Gasteiger partial charge on any atom is 0.137 e. The monoisotopic (exact) mass is 267 g/mol. The Morgan fingerprint density at radius 1 is 1.15 bits per heavy atom. The molecule has 3 aromatic rings. The Hall–Kier alpha value is -2.20. The molecule has 0 aliphatic carbocycles. The number of nitrogens with zero attached hydrogens (tertiary/aromatic N) is 2. The zero-order valence-electron chi connectivity index (χ0n) is 10.9. The van der Waals surface area contributed by atoms with Crippen LogP contribution in [-0.2, 0) is 6.42 Å². The van der Waals surface area contributed by atoms with Gasteiger partial charge in [0.05, 0.1) is 17.4 Å². The van der Waals surface area contributed by atoms with Crippen molar-refractivity contribution in [1.82, 2.24) is 14.7 Å². The van der Waals surface area contributed by atoms with E-state index in [1.807, 2.05) is 36.5 Å². The molecule has 1 aliphatic rings. The van der Waals surface area contributed by atoms with Crippen LogP contribution in [0.2, 0.25) is 0 Å². The van der Waals surface area contributed by atoms with Gasteiger partial charge in [-0.15, -0.1) is 0 Å². The summed E-state index contributed by atoms with van der Waals surface area (Å²) in [5, 5.41) is 3.41. The van der Waals surface area contributed by atoms with E-state index in [-0.39, 0.29) is 11.9 Å². The maximum atomic E-state index is 14.1. The molecule has 100 valence electrons. The summed E-state index contributed by atoms with van der Waals surface area (Å²) >= 11 is 0. The van der Waals surface area contributed by atoms with Crippen LogP contribution in [-0.4, -0.2) is 15.9 Å². The van der Waals surface area contributed by atoms with Crippen molar-refractivity contribution in [3.63, 3.8) is 0 Å². The molecule has 1 atom stereocenters. The van der Waals surface area contributed by atoms with Gasteiger partial charge in [-0.1, -0.05) is 24.3 Å². The van der Waals surface area contributed by atoms with Gasteiger partial charge in [0.25, 0.3) is 0 Å². The number of rotatable bonds is 1. The molecule has 2 aromatic heterocycles. The zero-order valence-corrected chi connectivity index (χ0v) is 10.9. The van der Waals surface area contributed by atoms with Crippen molar-refractivity contribution >= 4 is 5.65 Å². The second-order valence-corrected chi connectivity index (χ2v) is 5.03. The summed E-state index contributed by atoms with van der Waals surface area (Å²) in [6, 6.07) is 12.7. The number of imidazole rings is 1. The molecule has 0 amide bonds. The third-order valence-corrected chi connectivity index (χ3v) is 3.84. The number of hydrogen-bond donors (Lipinski definition) is 1. The average molecular weight is 267 g/mol. The van der Waals surface area contributed by atoms with Gasteiger partial charge in [-0.25, -0.2) is 9.37 Å². The highest BCUT2D eigenvalue weighted by Gasteiger charge is 2.27. The van der Waals surface area contributed by atoms with Crippen LogP contribution in [0.4, 0.5) is 4.39 Å². The average Bonchev–Trinajstić information content (AvgIpc) is 2.86. The quantitative estimate of drug-likeness (QED) is 0.734. The number of halogens is 1. The molecule has 20 heavy (non-hydrogen) atoms. The van der Waals surface area contributed by atoms with E-state index in [1.165, 1.54) is 6.07 Å². The minimum absolute atomic E-state index is 0.141. The Kier molecular flexibility index (Phi) is 2.57. The number of pyridine rings is 1. The fraction of sp³-hybridized carbons (Fsp3) is 0.188. The van der Waals surface area contributed by atoms with Crippen molar-refractivity contribution in [3.05, 3.63) is 71.4 Å². The summed E-state index contributed by atoms with van der Waals surface area (Å²) in [5.41, 5.74) is 3.71. The highest BCUT2D eigenvalue weighted by atomic mass is 19.1. The first-order chi connectivity index (χ1) is 9.84. The summed E-state index contributed by atoms with van der Waals surface area (Å²) in [6.45, 7) is 0.815. The molecule has 0 spiro atoms. The molecule has 0 saturated heterocycles. The molecule has 0 radical (unpaired) electrons. The number of benzene rings is 1. The highest BCUT2D eigenvalue weighted by Crippen LogP contribution is 2.30. The largest absolute Gasteiger partial charge is 0.304 e. The summed E-state index contributed by atoms with van der Waals surface area (Å²) in [4.78, 5) is 4.66. The third kappa shape index (κ3) is 1.65. The Morgan fingerprint density at radius 3 is 2.90 bits per heavy atom. The van der Waals surface area contributed by atoms with Crippen LogP contribution < -0.4 is 5.32 Å². The standard InChI is InChI=1S/C16H14FN3/c17-12-6-2-1-5-11(12)15-16-13(8-9-18-15)19-14-7-3-4-10-20(14)16/h1-7,10,15,18H,8-9H2. The molecule has 1 N–H and O–H groups in total. The van der Waals surface area contributed by atoms with Gasteiger partial charge in [-0.05, 0) is 18.2 Å². The lowest BCUT2D eigenvalue weighted by molar-refractivity contribution is 0.514. The normalized spacial score (nSPS) is 18.1. The second kappa shape index (κ2) is 4.42. The van der Waals surface area contributed by atoms with Crippen molar-refractivity contribution in [3.8, 4) is 0 Å². The van der Waals surface area contributed by atoms with E-state index in [9.17, 15) is 4.39 Å². The molecule has 1 unspecified atom stereocenters. The van der Waals surface area contributed by atoms with Crippen molar-refractivity contribution < 1.29 is 4.39 Å². The van der Waals surface area contributed by atoms with Crippen molar-refractivity contribution in [2.24, 2.45) is 0 Å². The highest BCUT2D eigenvalue weighted by molar-refractivity contribution is 5.47. The molecule has 1 aromatic carbocycles. The molecule has 0 fully saturated rings. The molecular formula is C16H14FN3. The minimum atomic E-state index is -0.177. The fourth-order valence-corrected chi connectivity index (χ4v) is 2.95. The predicted molar refractivity (Wildman–Crippen MR) is 75.1 cm³/mol. The predicted octanol–water partition coefficient (Wildman–Crippen LogP) is 2.71. The maximum absolute atomic E-state index is 14.1. The van der Waals surface area contributed by atoms with Crippen LogP contribution >= 0.6 is 0 Å². The van der Waals surface area contributed by atoms with Gasteiger partial charge in [0.1, 0.15) is 11.5 Å². The number of fused-ring (bicyclic) bond motifs is 3. The van der Waals surface area contributed by atoms with Crippen molar-refractivity contribution in [2.75, 3.05) is 6.54 Å². The van der Waals surface area contributed by atoms with Crippen LogP contribution in [0.1, 0.15) is 23.0 Å². The SMILES string of the molecule is Fc1ccccc1C1NCCc2nc3ccccn3c21. The van der Waals surface area contributed by atoms with E-state index < -0.39 is 0 Å². The Labute approximate surface area is 116 Å². The van der Waals surface area contributed by atoms with Crippen LogP contribution in [0.3, 0.4) is 0 Å². The van der Waals surface area contributed by atoms with E-state index in [4.69, 9.17) is 0 Å². The van der Waals surface area contributed by atoms with Crippen molar-refractivity contribution in [2.45, 2.75) is 12.5 Å². The minimum Gasteiger partial charge on any atom is -0.304 e.